The van der Waals surface area contributed by atoms with Crippen molar-refractivity contribution in [2.24, 2.45) is 0 Å². The molecule has 0 aliphatic rings. The standard InChI is InChI=1S/C13H16N2O2S/c1-9(15-8-13-14-5-6-18-13)11-7-10(17-2)3-4-12(11)16/h3-7,9,15-16H,8H2,1-2H3. The van der Waals surface area contributed by atoms with Crippen LogP contribution >= 0.6 is 11.3 Å². The van der Waals surface area contributed by atoms with Crippen LogP contribution in [0.25, 0.3) is 0 Å². The van der Waals surface area contributed by atoms with Crippen LogP contribution in [0, 0.1) is 0 Å². The summed E-state index contributed by atoms with van der Waals surface area (Å²) in [6.45, 7) is 2.69. The number of ether oxygens (including phenoxy) is 1. The van der Waals surface area contributed by atoms with Gasteiger partial charge in [0.05, 0.1) is 7.11 Å². The fourth-order valence-corrected chi connectivity index (χ4v) is 2.26. The Morgan fingerprint density at radius 1 is 1.50 bits per heavy atom. The van der Waals surface area contributed by atoms with Crippen molar-refractivity contribution in [1.82, 2.24) is 10.3 Å². The molecule has 0 aliphatic heterocycles. The minimum atomic E-state index is 0.0315. The van der Waals surface area contributed by atoms with E-state index in [1.807, 2.05) is 18.4 Å². The van der Waals surface area contributed by atoms with Crippen molar-refractivity contribution < 1.29 is 9.84 Å². The second-order valence-electron chi connectivity index (χ2n) is 3.95. The van der Waals surface area contributed by atoms with Gasteiger partial charge in [-0.3, -0.25) is 0 Å². The molecule has 96 valence electrons. The molecule has 0 bridgehead atoms. The summed E-state index contributed by atoms with van der Waals surface area (Å²) in [5, 5.41) is 16.2. The molecule has 0 saturated heterocycles. The number of nitrogens with zero attached hydrogens (tertiary/aromatic N) is 1. The molecule has 2 N–H and O–H groups in total. The molecule has 18 heavy (non-hydrogen) atoms. The van der Waals surface area contributed by atoms with E-state index in [1.165, 1.54) is 0 Å². The molecule has 0 saturated carbocycles. The number of methoxy groups -OCH3 is 1. The predicted octanol–water partition coefficient (Wildman–Crippen LogP) is 2.71. The van der Waals surface area contributed by atoms with E-state index in [9.17, 15) is 5.11 Å². The average molecular weight is 264 g/mol. The van der Waals surface area contributed by atoms with Crippen molar-refractivity contribution in [2.75, 3.05) is 7.11 Å². The third-order valence-corrected chi connectivity index (χ3v) is 3.52. The molecule has 5 heteroatoms. The first kappa shape index (κ1) is 12.9. The summed E-state index contributed by atoms with van der Waals surface area (Å²) in [5.41, 5.74) is 0.825. The number of phenolic OH excluding ortho intramolecular Hbond substituents is 1. The van der Waals surface area contributed by atoms with Gasteiger partial charge in [0.1, 0.15) is 16.5 Å². The van der Waals surface area contributed by atoms with Gasteiger partial charge in [-0.15, -0.1) is 11.3 Å². The number of hydrogen-bond donors (Lipinski definition) is 2. The Bertz CT molecular complexity index is 500. The lowest BCUT2D eigenvalue weighted by molar-refractivity contribution is 0.407. The number of aromatic hydroxyl groups is 1. The zero-order valence-electron chi connectivity index (χ0n) is 10.4. The normalized spacial score (nSPS) is 12.3. The zero-order chi connectivity index (χ0) is 13.0. The minimum Gasteiger partial charge on any atom is -0.508 e. The Labute approximate surface area is 110 Å². The highest BCUT2D eigenvalue weighted by molar-refractivity contribution is 7.09. The van der Waals surface area contributed by atoms with Gasteiger partial charge in [0.15, 0.2) is 0 Å². The van der Waals surface area contributed by atoms with E-state index < -0.39 is 0 Å². The minimum absolute atomic E-state index is 0.0315. The molecule has 2 aromatic rings. The van der Waals surface area contributed by atoms with E-state index in [1.54, 1.807) is 36.8 Å². The molecular formula is C13H16N2O2S. The molecule has 0 amide bonds. The van der Waals surface area contributed by atoms with Crippen molar-refractivity contribution in [3.8, 4) is 11.5 Å². The summed E-state index contributed by atoms with van der Waals surface area (Å²) < 4.78 is 5.16. The Hall–Kier alpha value is -1.59. The Balaban J connectivity index is 2.05. The van der Waals surface area contributed by atoms with Crippen molar-refractivity contribution in [3.05, 3.63) is 40.3 Å². The van der Waals surface area contributed by atoms with Crippen LogP contribution in [0.5, 0.6) is 11.5 Å². The van der Waals surface area contributed by atoms with Crippen molar-refractivity contribution in [1.29, 1.82) is 0 Å². The molecule has 1 unspecified atom stereocenters. The first-order valence-corrected chi connectivity index (χ1v) is 6.57. The van der Waals surface area contributed by atoms with Crippen molar-refractivity contribution >= 4 is 11.3 Å². The number of phenols is 1. The SMILES string of the molecule is COc1ccc(O)c(C(C)NCc2nccs2)c1. The van der Waals surface area contributed by atoms with Crippen molar-refractivity contribution in [2.45, 2.75) is 19.5 Å². The fraction of sp³-hybridized carbons (Fsp3) is 0.308. The van der Waals surface area contributed by atoms with E-state index in [2.05, 4.69) is 10.3 Å². The highest BCUT2D eigenvalue weighted by Gasteiger charge is 2.11. The topological polar surface area (TPSA) is 54.4 Å². The van der Waals surface area contributed by atoms with E-state index in [-0.39, 0.29) is 11.8 Å². The molecule has 0 radical (unpaired) electrons. The first-order valence-electron chi connectivity index (χ1n) is 5.69. The van der Waals surface area contributed by atoms with Gasteiger partial charge in [-0.2, -0.15) is 0 Å². The molecule has 1 aromatic carbocycles. The molecule has 0 aliphatic carbocycles. The number of hydrogen-bond acceptors (Lipinski definition) is 5. The fourth-order valence-electron chi connectivity index (χ4n) is 1.70. The molecule has 0 fully saturated rings. The zero-order valence-corrected chi connectivity index (χ0v) is 11.2. The molecule has 1 atom stereocenters. The van der Waals surface area contributed by atoms with Crippen LogP contribution in [-0.4, -0.2) is 17.2 Å². The van der Waals surface area contributed by atoms with Crippen LogP contribution in [0.3, 0.4) is 0 Å². The molecule has 1 heterocycles. The van der Waals surface area contributed by atoms with E-state index in [4.69, 9.17) is 4.74 Å². The molecule has 4 nitrogen and oxygen atoms in total. The second kappa shape index (κ2) is 5.84. The summed E-state index contributed by atoms with van der Waals surface area (Å²) in [7, 11) is 1.61. The summed E-state index contributed by atoms with van der Waals surface area (Å²) in [6.07, 6.45) is 1.79. The van der Waals surface area contributed by atoms with Gasteiger partial charge in [-0.05, 0) is 25.1 Å². The van der Waals surface area contributed by atoms with E-state index in [0.717, 1.165) is 16.3 Å². The average Bonchev–Trinajstić information content (AvgIpc) is 2.89. The highest BCUT2D eigenvalue weighted by atomic mass is 32.1. The lowest BCUT2D eigenvalue weighted by Crippen LogP contribution is -2.18. The maximum atomic E-state index is 9.85. The van der Waals surface area contributed by atoms with Gasteiger partial charge in [0.2, 0.25) is 0 Å². The van der Waals surface area contributed by atoms with E-state index in [0.29, 0.717) is 6.54 Å². The van der Waals surface area contributed by atoms with Crippen LogP contribution < -0.4 is 10.1 Å². The molecule has 2 rings (SSSR count). The Kier molecular flexibility index (Phi) is 4.17. The number of aromatic nitrogens is 1. The monoisotopic (exact) mass is 264 g/mol. The van der Waals surface area contributed by atoms with Gasteiger partial charge in [-0.25, -0.2) is 4.98 Å². The first-order chi connectivity index (χ1) is 8.70. The number of nitrogens with one attached hydrogen (secondary N) is 1. The summed E-state index contributed by atoms with van der Waals surface area (Å²) in [5.74, 6) is 1.01. The lowest BCUT2D eigenvalue weighted by atomic mass is 10.1. The van der Waals surface area contributed by atoms with Crippen LogP contribution in [0.4, 0.5) is 0 Å². The van der Waals surface area contributed by atoms with Gasteiger partial charge >= 0.3 is 0 Å². The summed E-state index contributed by atoms with van der Waals surface area (Å²) >= 11 is 1.61. The highest BCUT2D eigenvalue weighted by Crippen LogP contribution is 2.28. The summed E-state index contributed by atoms with van der Waals surface area (Å²) in [4.78, 5) is 4.21. The largest absolute Gasteiger partial charge is 0.508 e. The second-order valence-corrected chi connectivity index (χ2v) is 4.93. The predicted molar refractivity (Wildman–Crippen MR) is 72.0 cm³/mol. The quantitative estimate of drug-likeness (QED) is 0.872. The third-order valence-electron chi connectivity index (χ3n) is 2.74. The third kappa shape index (κ3) is 3.00. The van der Waals surface area contributed by atoms with Crippen LogP contribution in [0.2, 0.25) is 0 Å². The van der Waals surface area contributed by atoms with E-state index >= 15 is 0 Å². The van der Waals surface area contributed by atoms with Crippen molar-refractivity contribution in [3.63, 3.8) is 0 Å². The van der Waals surface area contributed by atoms with Gasteiger partial charge < -0.3 is 15.2 Å². The lowest BCUT2D eigenvalue weighted by Gasteiger charge is -2.15. The molecular weight excluding hydrogens is 248 g/mol. The summed E-state index contributed by atoms with van der Waals surface area (Å²) in [6, 6.07) is 5.26. The molecule has 1 aromatic heterocycles. The number of benzene rings is 1. The Morgan fingerprint density at radius 3 is 3.00 bits per heavy atom. The number of rotatable bonds is 5. The van der Waals surface area contributed by atoms with Gasteiger partial charge in [0, 0.05) is 29.7 Å². The van der Waals surface area contributed by atoms with Crippen LogP contribution in [-0.2, 0) is 6.54 Å². The van der Waals surface area contributed by atoms with Gasteiger partial charge in [-0.1, -0.05) is 0 Å². The smallest absolute Gasteiger partial charge is 0.120 e. The van der Waals surface area contributed by atoms with Gasteiger partial charge in [0.25, 0.3) is 0 Å². The maximum absolute atomic E-state index is 9.85. The molecule has 0 spiro atoms. The van der Waals surface area contributed by atoms with Crippen LogP contribution in [0.1, 0.15) is 23.5 Å². The van der Waals surface area contributed by atoms with Crippen LogP contribution in [0.15, 0.2) is 29.8 Å². The maximum Gasteiger partial charge on any atom is 0.120 e. The number of thiazole rings is 1. The Morgan fingerprint density at radius 2 is 2.33 bits per heavy atom.